The van der Waals surface area contributed by atoms with Crippen molar-refractivity contribution < 1.29 is 13.9 Å². The predicted octanol–water partition coefficient (Wildman–Crippen LogP) is 4.61. The summed E-state index contributed by atoms with van der Waals surface area (Å²) in [5.41, 5.74) is 0.911. The molecule has 8 heteroatoms. The van der Waals surface area contributed by atoms with Gasteiger partial charge in [0.15, 0.2) is 0 Å². The fourth-order valence-corrected chi connectivity index (χ4v) is 6.54. The zero-order valence-corrected chi connectivity index (χ0v) is 16.7. The van der Waals surface area contributed by atoms with E-state index in [2.05, 4.69) is 20.9 Å². The van der Waals surface area contributed by atoms with Gasteiger partial charge in [-0.25, -0.2) is 0 Å². The molecule has 0 saturated carbocycles. The van der Waals surface area contributed by atoms with Gasteiger partial charge in [-0.2, -0.15) is 0 Å². The normalized spacial score (nSPS) is 23.8. The Labute approximate surface area is 164 Å². The van der Waals surface area contributed by atoms with Gasteiger partial charge in [0.2, 0.25) is 0 Å². The monoisotopic (exact) mass is 449 g/mol. The smallest absolute Gasteiger partial charge is 0.316 e. The largest absolute Gasteiger partial charge is 0.465 e. The third kappa shape index (κ3) is 2.43. The number of carbonyl (C=O) groups is 1. The van der Waals surface area contributed by atoms with Crippen LogP contribution in [0.1, 0.15) is 33.1 Å². The summed E-state index contributed by atoms with van der Waals surface area (Å²) in [7, 11) is 0. The number of H-pyrrole nitrogens is 1. The van der Waals surface area contributed by atoms with Gasteiger partial charge >= 0.3 is 10.8 Å². The van der Waals surface area contributed by atoms with E-state index in [-0.39, 0.29) is 22.0 Å². The molecule has 2 aromatic heterocycles. The van der Waals surface area contributed by atoms with Gasteiger partial charge in [-0.1, -0.05) is 39.0 Å². The van der Waals surface area contributed by atoms with Crippen LogP contribution in [-0.2, 0) is 4.79 Å². The summed E-state index contributed by atoms with van der Waals surface area (Å²) in [4.78, 5) is 28.6. The molecule has 132 valence electrons. The Kier molecular flexibility index (Phi) is 3.70. The molecule has 2 aliphatic rings. The summed E-state index contributed by atoms with van der Waals surface area (Å²) >= 11 is 6.13. The van der Waals surface area contributed by atoms with Gasteiger partial charge in [0, 0.05) is 20.8 Å². The molecule has 0 saturated heterocycles. The van der Waals surface area contributed by atoms with Gasteiger partial charge in [0.25, 0.3) is 0 Å². The predicted molar refractivity (Wildman–Crippen MR) is 102 cm³/mol. The maximum atomic E-state index is 12.9. The number of ether oxygens (including phenoxy) is 1. The van der Waals surface area contributed by atoms with Gasteiger partial charge in [0.05, 0.1) is 16.2 Å². The third-order valence-electron chi connectivity index (χ3n) is 4.69. The van der Waals surface area contributed by atoms with Gasteiger partial charge in [-0.15, -0.1) is 0 Å². The highest BCUT2D eigenvalue weighted by Crippen LogP contribution is 2.59. The van der Waals surface area contributed by atoms with E-state index in [9.17, 15) is 9.59 Å². The first-order chi connectivity index (χ1) is 12.5. The van der Waals surface area contributed by atoms with E-state index in [1.807, 2.05) is 31.2 Å². The van der Waals surface area contributed by atoms with E-state index >= 15 is 0 Å². The van der Waals surface area contributed by atoms with Crippen molar-refractivity contribution >= 4 is 45.0 Å². The van der Waals surface area contributed by atoms with Crippen molar-refractivity contribution in [3.05, 3.63) is 66.4 Å². The van der Waals surface area contributed by atoms with Crippen LogP contribution in [0.15, 0.2) is 49.0 Å². The number of thiazole rings is 1. The molecular formula is C18H12BrNO4S2. The van der Waals surface area contributed by atoms with E-state index in [1.54, 1.807) is 6.07 Å². The van der Waals surface area contributed by atoms with Crippen LogP contribution < -0.4 is 9.61 Å². The lowest BCUT2D eigenvalue weighted by Crippen LogP contribution is -2.37. The number of rotatable bonds is 1. The first-order valence-corrected chi connectivity index (χ1v) is 10.5. The van der Waals surface area contributed by atoms with Crippen molar-refractivity contribution in [1.82, 2.24) is 4.98 Å². The average molecular weight is 450 g/mol. The van der Waals surface area contributed by atoms with Gasteiger partial charge in [-0.3, -0.25) is 9.59 Å². The first-order valence-electron chi connectivity index (χ1n) is 7.98. The molecule has 0 bridgehead atoms. The molecule has 0 aliphatic carbocycles. The number of thioether (sulfide) groups is 1. The highest BCUT2D eigenvalue weighted by molar-refractivity contribution is 9.10. The third-order valence-corrected chi connectivity index (χ3v) is 7.61. The lowest BCUT2D eigenvalue weighted by molar-refractivity contribution is -0.141. The second kappa shape index (κ2) is 5.87. The van der Waals surface area contributed by atoms with Crippen LogP contribution in [0, 0.1) is 12.8 Å². The van der Waals surface area contributed by atoms with Crippen LogP contribution in [0.5, 0.6) is 5.75 Å². The zero-order valence-electron chi connectivity index (χ0n) is 13.4. The number of aromatic nitrogens is 1. The number of furan rings is 1. The SMILES string of the molecule is Cc1ccc([C@@H]2Sc3[nH]c(=O)sc3[C@H]3c4cc(Br)ccc4OC(=O)[C@H]32)o1. The molecule has 1 N–H and O–H groups in total. The van der Waals surface area contributed by atoms with E-state index in [1.165, 1.54) is 11.8 Å². The number of aryl methyl sites for hydroxylation is 1. The Bertz CT molecular complexity index is 1100. The van der Waals surface area contributed by atoms with Crippen molar-refractivity contribution in [2.24, 2.45) is 5.92 Å². The molecule has 5 rings (SSSR count). The summed E-state index contributed by atoms with van der Waals surface area (Å²) in [5, 5.41) is 0.548. The molecular weight excluding hydrogens is 438 g/mol. The van der Waals surface area contributed by atoms with Crippen molar-refractivity contribution in [1.29, 1.82) is 0 Å². The molecule has 1 aromatic carbocycles. The maximum absolute atomic E-state index is 12.9. The summed E-state index contributed by atoms with van der Waals surface area (Å²) in [5.74, 6) is 1.07. The van der Waals surface area contributed by atoms with Crippen LogP contribution in [0.25, 0.3) is 0 Å². The van der Waals surface area contributed by atoms with Crippen molar-refractivity contribution in [3.63, 3.8) is 0 Å². The zero-order chi connectivity index (χ0) is 18.0. The second-order valence-electron chi connectivity index (χ2n) is 6.30. The molecule has 2 aliphatic heterocycles. The van der Waals surface area contributed by atoms with Crippen molar-refractivity contribution in [2.75, 3.05) is 0 Å². The molecule has 0 spiro atoms. The molecule has 26 heavy (non-hydrogen) atoms. The standard InChI is InChI=1S/C18H12BrNO4S2/c1-7-2-4-11(23-7)14-13-12(15-16(25-14)20-18(22)26-15)9-6-8(19)3-5-10(9)24-17(13)21/h2-6,12-14H,1H3,(H,20,22)/t12-,13+,14-/m0/s1. The Morgan fingerprint density at radius 1 is 1.19 bits per heavy atom. The van der Waals surface area contributed by atoms with Crippen LogP contribution >= 0.6 is 39.0 Å². The highest BCUT2D eigenvalue weighted by Gasteiger charge is 2.50. The van der Waals surface area contributed by atoms with Gasteiger partial charge in [-0.05, 0) is 37.3 Å². The number of fused-ring (bicyclic) bond motifs is 5. The number of aromatic amines is 1. The summed E-state index contributed by atoms with van der Waals surface area (Å²) in [6.07, 6.45) is 0. The topological polar surface area (TPSA) is 72.3 Å². The fraction of sp³-hybridized carbons (Fsp3) is 0.222. The van der Waals surface area contributed by atoms with E-state index in [0.29, 0.717) is 5.75 Å². The number of nitrogens with one attached hydrogen (secondary N) is 1. The maximum Gasteiger partial charge on any atom is 0.316 e. The molecule has 3 atom stereocenters. The number of hydrogen-bond acceptors (Lipinski definition) is 6. The minimum atomic E-state index is -0.453. The summed E-state index contributed by atoms with van der Waals surface area (Å²) in [6, 6.07) is 9.38. The lowest BCUT2D eigenvalue weighted by atomic mass is 9.79. The second-order valence-corrected chi connectivity index (χ2v) is 9.38. The molecule has 0 fully saturated rings. The highest BCUT2D eigenvalue weighted by atomic mass is 79.9. The molecule has 5 nitrogen and oxygen atoms in total. The van der Waals surface area contributed by atoms with Gasteiger partial charge < -0.3 is 14.1 Å². The Morgan fingerprint density at radius 3 is 2.81 bits per heavy atom. The van der Waals surface area contributed by atoms with Crippen LogP contribution in [0.3, 0.4) is 0 Å². The number of esters is 1. The van der Waals surface area contributed by atoms with Crippen LogP contribution in [0.2, 0.25) is 0 Å². The summed E-state index contributed by atoms with van der Waals surface area (Å²) in [6.45, 7) is 1.87. The van der Waals surface area contributed by atoms with Crippen LogP contribution in [-0.4, -0.2) is 11.0 Å². The molecule has 0 amide bonds. The van der Waals surface area contributed by atoms with Crippen LogP contribution in [0.4, 0.5) is 0 Å². The fourth-order valence-electron chi connectivity index (χ4n) is 3.62. The molecule has 3 aromatic rings. The number of halogens is 1. The molecule has 0 radical (unpaired) electrons. The molecule has 4 heterocycles. The average Bonchev–Trinajstić information content (AvgIpc) is 3.19. The Hall–Kier alpha value is -1.77. The minimum absolute atomic E-state index is 0.118. The van der Waals surface area contributed by atoms with E-state index in [0.717, 1.165) is 42.8 Å². The lowest BCUT2D eigenvalue weighted by Gasteiger charge is -2.38. The number of hydrogen-bond donors (Lipinski definition) is 1. The van der Waals surface area contributed by atoms with E-state index < -0.39 is 5.92 Å². The first kappa shape index (κ1) is 16.4. The quantitative estimate of drug-likeness (QED) is 0.433. The van der Waals surface area contributed by atoms with Gasteiger partial charge in [0.1, 0.15) is 17.3 Å². The Morgan fingerprint density at radius 2 is 2.04 bits per heavy atom. The minimum Gasteiger partial charge on any atom is -0.465 e. The van der Waals surface area contributed by atoms with Crippen molar-refractivity contribution in [2.45, 2.75) is 23.1 Å². The Balaban J connectivity index is 1.75. The number of benzene rings is 1. The van der Waals surface area contributed by atoms with Crippen molar-refractivity contribution in [3.8, 4) is 5.75 Å². The number of carbonyl (C=O) groups excluding carboxylic acids is 1. The molecule has 0 unspecified atom stereocenters. The summed E-state index contributed by atoms with van der Waals surface area (Å²) < 4.78 is 12.4. The van der Waals surface area contributed by atoms with E-state index in [4.69, 9.17) is 9.15 Å².